The molecule has 10 heteroatoms. The summed E-state index contributed by atoms with van der Waals surface area (Å²) in [5.41, 5.74) is 2.49. The van der Waals surface area contributed by atoms with Crippen molar-refractivity contribution < 1.29 is 18.3 Å². The summed E-state index contributed by atoms with van der Waals surface area (Å²) < 4.78 is 24.9. The maximum atomic E-state index is 14.1. The van der Waals surface area contributed by atoms with Crippen LogP contribution in [0.1, 0.15) is 18.5 Å². The molecule has 34 heavy (non-hydrogen) atoms. The summed E-state index contributed by atoms with van der Waals surface area (Å²) in [5, 5.41) is 11.3. The van der Waals surface area contributed by atoms with Gasteiger partial charge in [0.25, 0.3) is 5.22 Å². The molecule has 0 radical (unpaired) electrons. The molecule has 0 unspecified atom stereocenters. The van der Waals surface area contributed by atoms with Crippen molar-refractivity contribution in [1.82, 2.24) is 20.4 Å². The van der Waals surface area contributed by atoms with Gasteiger partial charge < -0.3 is 24.3 Å². The van der Waals surface area contributed by atoms with Crippen LogP contribution in [-0.2, 0) is 4.79 Å². The fraction of sp³-hybridized carbons (Fsp3) is 0.375. The molecule has 4 rings (SSSR count). The minimum absolute atomic E-state index is 0.105. The number of rotatable bonds is 8. The lowest BCUT2D eigenvalue weighted by molar-refractivity contribution is -0.119. The highest BCUT2D eigenvalue weighted by atomic mass is 32.2. The van der Waals surface area contributed by atoms with Gasteiger partial charge in [-0.3, -0.25) is 4.79 Å². The molecule has 1 aliphatic heterocycles. The molecule has 3 aromatic rings. The summed E-state index contributed by atoms with van der Waals surface area (Å²) in [4.78, 5) is 17.1. The van der Waals surface area contributed by atoms with E-state index in [1.54, 1.807) is 13.2 Å². The molecular formula is C24H28FN5O3S. The lowest BCUT2D eigenvalue weighted by atomic mass is 10.0. The maximum Gasteiger partial charge on any atom is 0.277 e. The lowest BCUT2D eigenvalue weighted by Crippen LogP contribution is -2.45. The van der Waals surface area contributed by atoms with E-state index in [2.05, 4.69) is 32.4 Å². The van der Waals surface area contributed by atoms with Crippen LogP contribution in [-0.4, -0.2) is 67.1 Å². The third-order valence-electron chi connectivity index (χ3n) is 5.75. The number of likely N-dealkylation sites (N-methyl/N-ethyl adjacent to an activating group) is 1. The highest BCUT2D eigenvalue weighted by molar-refractivity contribution is 7.99. The quantitative estimate of drug-likeness (QED) is 0.485. The molecule has 180 valence electrons. The summed E-state index contributed by atoms with van der Waals surface area (Å²) in [5.74, 6) is 0.692. The van der Waals surface area contributed by atoms with E-state index >= 15 is 0 Å². The SMILES string of the molecule is COc1ccc(-c2nnc(SCC(=O)N[C@H](C)c3cc(F)ccc3N3CCN(C)CC3)o2)cc1. The number of ether oxygens (including phenoxy) is 1. The number of nitrogens with one attached hydrogen (secondary N) is 1. The van der Waals surface area contributed by atoms with E-state index in [0.717, 1.165) is 60.5 Å². The number of piperazine rings is 1. The van der Waals surface area contributed by atoms with E-state index in [4.69, 9.17) is 9.15 Å². The highest BCUT2D eigenvalue weighted by Gasteiger charge is 2.21. The smallest absolute Gasteiger partial charge is 0.277 e. The molecule has 2 heterocycles. The minimum atomic E-state index is -0.351. The van der Waals surface area contributed by atoms with Gasteiger partial charge in [0.15, 0.2) is 0 Å². The van der Waals surface area contributed by atoms with Crippen LogP contribution in [0.4, 0.5) is 10.1 Å². The Balaban J connectivity index is 1.35. The second kappa shape index (κ2) is 10.9. The van der Waals surface area contributed by atoms with E-state index in [-0.39, 0.29) is 23.5 Å². The number of hydrogen-bond acceptors (Lipinski definition) is 8. The van der Waals surface area contributed by atoms with Gasteiger partial charge in [-0.25, -0.2) is 4.39 Å². The molecule has 0 saturated carbocycles. The Morgan fingerprint density at radius 1 is 1.18 bits per heavy atom. The Bertz CT molecular complexity index is 1120. The summed E-state index contributed by atoms with van der Waals surface area (Å²) >= 11 is 1.16. The fourth-order valence-electron chi connectivity index (χ4n) is 3.81. The van der Waals surface area contributed by atoms with Crippen LogP contribution < -0.4 is 15.0 Å². The van der Waals surface area contributed by atoms with Crippen LogP contribution in [0.5, 0.6) is 5.75 Å². The van der Waals surface area contributed by atoms with Crippen molar-refractivity contribution in [3.63, 3.8) is 0 Å². The molecule has 1 aromatic heterocycles. The topological polar surface area (TPSA) is 83.7 Å². The largest absolute Gasteiger partial charge is 0.497 e. The molecule has 1 saturated heterocycles. The number of thioether (sulfide) groups is 1. The van der Waals surface area contributed by atoms with Gasteiger partial charge in [0.05, 0.1) is 18.9 Å². The van der Waals surface area contributed by atoms with Gasteiger partial charge in [-0.1, -0.05) is 11.8 Å². The van der Waals surface area contributed by atoms with Gasteiger partial charge in [-0.15, -0.1) is 10.2 Å². The van der Waals surface area contributed by atoms with E-state index < -0.39 is 0 Å². The first-order valence-corrected chi connectivity index (χ1v) is 12.0. The number of hydrogen-bond donors (Lipinski definition) is 1. The van der Waals surface area contributed by atoms with Crippen molar-refractivity contribution in [3.05, 3.63) is 53.8 Å². The molecule has 1 fully saturated rings. The fourth-order valence-corrected chi connectivity index (χ4v) is 4.39. The van der Waals surface area contributed by atoms with Crippen molar-refractivity contribution in [1.29, 1.82) is 0 Å². The number of aromatic nitrogens is 2. The van der Waals surface area contributed by atoms with Crippen LogP contribution in [0.15, 0.2) is 52.1 Å². The van der Waals surface area contributed by atoms with Crippen molar-refractivity contribution in [2.75, 3.05) is 51.0 Å². The second-order valence-electron chi connectivity index (χ2n) is 8.17. The van der Waals surface area contributed by atoms with E-state index in [1.165, 1.54) is 12.1 Å². The van der Waals surface area contributed by atoms with E-state index in [0.29, 0.717) is 11.1 Å². The molecule has 8 nitrogen and oxygen atoms in total. The molecular weight excluding hydrogens is 457 g/mol. The minimum Gasteiger partial charge on any atom is -0.497 e. The van der Waals surface area contributed by atoms with E-state index in [1.807, 2.05) is 31.2 Å². The summed E-state index contributed by atoms with van der Waals surface area (Å²) in [6.45, 7) is 5.47. The van der Waals surface area contributed by atoms with Crippen LogP contribution in [0, 0.1) is 5.82 Å². The third kappa shape index (κ3) is 5.87. The first-order valence-electron chi connectivity index (χ1n) is 11.1. The number of halogens is 1. The number of carbonyl (C=O) groups excluding carboxylic acids is 1. The van der Waals surface area contributed by atoms with Crippen molar-refractivity contribution >= 4 is 23.4 Å². The zero-order valence-electron chi connectivity index (χ0n) is 19.5. The average Bonchev–Trinajstić information content (AvgIpc) is 3.32. The first-order chi connectivity index (χ1) is 16.4. The van der Waals surface area contributed by atoms with Crippen LogP contribution in [0.2, 0.25) is 0 Å². The molecule has 1 aliphatic rings. The normalized spacial score (nSPS) is 15.2. The van der Waals surface area contributed by atoms with Gasteiger partial charge in [0.1, 0.15) is 11.6 Å². The third-order valence-corrected chi connectivity index (χ3v) is 6.57. The summed E-state index contributed by atoms with van der Waals surface area (Å²) in [6, 6.07) is 11.7. The van der Waals surface area contributed by atoms with Gasteiger partial charge in [0.2, 0.25) is 11.8 Å². The summed E-state index contributed by atoms with van der Waals surface area (Å²) in [6.07, 6.45) is 0. The Morgan fingerprint density at radius 2 is 1.91 bits per heavy atom. The highest BCUT2D eigenvalue weighted by Crippen LogP contribution is 2.29. The zero-order valence-corrected chi connectivity index (χ0v) is 20.3. The number of amides is 1. The predicted molar refractivity (Wildman–Crippen MR) is 130 cm³/mol. The number of nitrogens with zero attached hydrogens (tertiary/aromatic N) is 4. The Labute approximate surface area is 202 Å². The monoisotopic (exact) mass is 485 g/mol. The molecule has 1 atom stereocenters. The van der Waals surface area contributed by atoms with Crippen LogP contribution in [0.3, 0.4) is 0 Å². The first kappa shape index (κ1) is 24.0. The number of anilines is 1. The lowest BCUT2D eigenvalue weighted by Gasteiger charge is -2.36. The maximum absolute atomic E-state index is 14.1. The standard InChI is InChI=1S/C24H28FN5O3S/c1-16(20-14-18(25)6-9-21(20)30-12-10-29(2)11-13-30)26-22(31)15-34-24-28-27-23(33-24)17-4-7-19(32-3)8-5-17/h4-9,14,16H,10-13,15H2,1-3H3,(H,26,31)/t16-/m1/s1. The van der Waals surface area contributed by atoms with Gasteiger partial charge in [-0.05, 0) is 56.4 Å². The molecule has 1 amide bonds. The zero-order chi connectivity index (χ0) is 24.1. The Hall–Kier alpha value is -3.11. The number of benzene rings is 2. The van der Waals surface area contributed by atoms with Crippen LogP contribution in [0.25, 0.3) is 11.5 Å². The number of methoxy groups -OCH3 is 1. The van der Waals surface area contributed by atoms with Gasteiger partial charge in [-0.2, -0.15) is 0 Å². The van der Waals surface area contributed by atoms with Crippen molar-refractivity contribution in [2.45, 2.75) is 18.2 Å². The molecule has 0 spiro atoms. The van der Waals surface area contributed by atoms with Crippen LogP contribution >= 0.6 is 11.8 Å². The molecule has 0 aliphatic carbocycles. The van der Waals surface area contributed by atoms with E-state index in [9.17, 15) is 9.18 Å². The van der Waals surface area contributed by atoms with Crippen molar-refractivity contribution in [3.8, 4) is 17.2 Å². The second-order valence-corrected chi connectivity index (χ2v) is 9.10. The van der Waals surface area contributed by atoms with Crippen molar-refractivity contribution in [2.24, 2.45) is 0 Å². The van der Waals surface area contributed by atoms with Gasteiger partial charge >= 0.3 is 0 Å². The Kier molecular flexibility index (Phi) is 7.69. The average molecular weight is 486 g/mol. The molecule has 2 aromatic carbocycles. The number of carbonyl (C=O) groups is 1. The summed E-state index contributed by atoms with van der Waals surface area (Å²) in [7, 11) is 3.69. The predicted octanol–water partition coefficient (Wildman–Crippen LogP) is 3.61. The Morgan fingerprint density at radius 3 is 2.62 bits per heavy atom. The molecule has 1 N–H and O–H groups in total. The molecule has 0 bridgehead atoms. The van der Waals surface area contributed by atoms with Gasteiger partial charge in [0, 0.05) is 43.0 Å².